The highest BCUT2D eigenvalue weighted by Crippen LogP contribution is 2.33. The zero-order valence-electron chi connectivity index (χ0n) is 17.1. The van der Waals surface area contributed by atoms with Gasteiger partial charge in [0.15, 0.2) is 13.2 Å². The molecule has 0 saturated carbocycles. The Morgan fingerprint density at radius 2 is 1.48 bits per heavy atom. The molecule has 0 aliphatic heterocycles. The van der Waals surface area contributed by atoms with E-state index in [1.807, 2.05) is 56.3 Å². The van der Waals surface area contributed by atoms with Gasteiger partial charge < -0.3 is 9.47 Å². The molecule has 2 N–H and O–H groups in total. The van der Waals surface area contributed by atoms with Gasteiger partial charge in [-0.05, 0) is 62.4 Å². The number of halogens is 2. The van der Waals surface area contributed by atoms with Crippen molar-refractivity contribution >= 4 is 54.4 Å². The molecule has 0 bridgehead atoms. The number of hydrogen-bond acceptors (Lipinski definition) is 4. The van der Waals surface area contributed by atoms with Crippen molar-refractivity contribution in [2.45, 2.75) is 19.8 Å². The number of fused-ring (bicyclic) bond motifs is 1. The maximum Gasteiger partial charge on any atom is 0.276 e. The Morgan fingerprint density at radius 3 is 2.16 bits per heavy atom. The topological polar surface area (TPSA) is 76.7 Å². The fraction of sp³-hybridized carbons (Fsp3) is 0.217. The average Bonchev–Trinajstić information content (AvgIpc) is 2.76. The predicted octanol–water partition coefficient (Wildman–Crippen LogP) is 5.09. The summed E-state index contributed by atoms with van der Waals surface area (Å²) in [4.78, 5) is 24.1. The highest BCUT2D eigenvalue weighted by Gasteiger charge is 2.12. The summed E-state index contributed by atoms with van der Waals surface area (Å²) >= 11 is 6.95. The summed E-state index contributed by atoms with van der Waals surface area (Å²) in [5, 5.41) is 2.05. The van der Waals surface area contributed by atoms with Crippen molar-refractivity contribution in [3.8, 4) is 11.5 Å². The van der Waals surface area contributed by atoms with Crippen LogP contribution >= 0.6 is 31.9 Å². The third-order valence-corrected chi connectivity index (χ3v) is 5.79. The lowest BCUT2D eigenvalue weighted by Crippen LogP contribution is -2.45. The number of amides is 2. The molecule has 0 aliphatic carbocycles. The monoisotopic (exact) mass is 548 g/mol. The first-order valence-corrected chi connectivity index (χ1v) is 11.2. The zero-order valence-corrected chi connectivity index (χ0v) is 20.2. The molecule has 8 heteroatoms. The molecule has 0 unspecified atom stereocenters. The third-order valence-electron chi connectivity index (χ3n) is 4.48. The quantitative estimate of drug-likeness (QED) is 0.402. The lowest BCUT2D eigenvalue weighted by atomic mass is 10.0. The van der Waals surface area contributed by atoms with Gasteiger partial charge in [0, 0.05) is 4.47 Å². The number of nitrogens with one attached hydrogen (secondary N) is 2. The van der Waals surface area contributed by atoms with Crippen LogP contribution in [0.4, 0.5) is 0 Å². The first kappa shape index (κ1) is 23.1. The van der Waals surface area contributed by atoms with Gasteiger partial charge in [-0.1, -0.05) is 60.1 Å². The molecule has 2 amide bonds. The summed E-state index contributed by atoms with van der Waals surface area (Å²) in [6.07, 6.45) is 0. The summed E-state index contributed by atoms with van der Waals surface area (Å²) in [7, 11) is 0. The normalized spacial score (nSPS) is 10.7. The van der Waals surface area contributed by atoms with Crippen molar-refractivity contribution in [1.29, 1.82) is 0 Å². The number of hydrogen-bond donors (Lipinski definition) is 2. The number of carbonyl (C=O) groups is 2. The van der Waals surface area contributed by atoms with Crippen LogP contribution in [-0.4, -0.2) is 25.0 Å². The standard InChI is InChI=1S/C23H22Br2N2O4/c1-14(2)18-11-16(24)8-10-19(18)30-12-21(28)26-27-22(29)13-31-20-9-7-15-5-3-4-6-17(15)23(20)25/h3-11,14H,12-13H2,1-2H3,(H,26,28)(H,27,29). The Balaban J connectivity index is 1.47. The van der Waals surface area contributed by atoms with Gasteiger partial charge in [0.1, 0.15) is 11.5 Å². The Morgan fingerprint density at radius 1 is 0.871 bits per heavy atom. The van der Waals surface area contributed by atoms with Gasteiger partial charge in [0.2, 0.25) is 0 Å². The van der Waals surface area contributed by atoms with E-state index in [-0.39, 0.29) is 19.1 Å². The van der Waals surface area contributed by atoms with Crippen LogP contribution in [0.15, 0.2) is 63.5 Å². The van der Waals surface area contributed by atoms with Crippen molar-refractivity contribution in [3.63, 3.8) is 0 Å². The van der Waals surface area contributed by atoms with Crippen LogP contribution in [-0.2, 0) is 9.59 Å². The van der Waals surface area contributed by atoms with Crippen molar-refractivity contribution in [1.82, 2.24) is 10.9 Å². The second-order valence-corrected chi connectivity index (χ2v) is 8.82. The van der Waals surface area contributed by atoms with E-state index in [4.69, 9.17) is 9.47 Å². The van der Waals surface area contributed by atoms with E-state index in [1.165, 1.54) is 0 Å². The highest BCUT2D eigenvalue weighted by atomic mass is 79.9. The van der Waals surface area contributed by atoms with Crippen molar-refractivity contribution in [2.75, 3.05) is 13.2 Å². The first-order chi connectivity index (χ1) is 14.8. The summed E-state index contributed by atoms with van der Waals surface area (Å²) in [6.45, 7) is 3.62. The number of rotatable bonds is 7. The second-order valence-electron chi connectivity index (χ2n) is 7.11. The SMILES string of the molecule is CC(C)c1cc(Br)ccc1OCC(=O)NNC(=O)COc1ccc2ccccc2c1Br. The lowest BCUT2D eigenvalue weighted by Gasteiger charge is -2.15. The fourth-order valence-corrected chi connectivity index (χ4v) is 3.91. The van der Waals surface area contributed by atoms with Gasteiger partial charge in [0.05, 0.1) is 4.47 Å². The largest absolute Gasteiger partial charge is 0.483 e. The fourth-order valence-electron chi connectivity index (χ4n) is 2.93. The number of carbonyl (C=O) groups excluding carboxylic acids is 2. The number of benzene rings is 3. The van der Waals surface area contributed by atoms with Gasteiger partial charge >= 0.3 is 0 Å². The smallest absolute Gasteiger partial charge is 0.276 e. The van der Waals surface area contributed by atoms with E-state index >= 15 is 0 Å². The molecule has 0 aliphatic rings. The Hall–Kier alpha value is -2.58. The molecule has 3 rings (SSSR count). The molecule has 6 nitrogen and oxygen atoms in total. The maximum absolute atomic E-state index is 12.0. The molecule has 0 radical (unpaired) electrons. The molecule has 31 heavy (non-hydrogen) atoms. The molecule has 0 spiro atoms. The van der Waals surface area contributed by atoms with Crippen LogP contribution in [0.3, 0.4) is 0 Å². The molecular weight excluding hydrogens is 528 g/mol. The van der Waals surface area contributed by atoms with E-state index in [9.17, 15) is 9.59 Å². The van der Waals surface area contributed by atoms with Crippen LogP contribution in [0.5, 0.6) is 11.5 Å². The second kappa shape index (κ2) is 10.6. The first-order valence-electron chi connectivity index (χ1n) is 9.65. The van der Waals surface area contributed by atoms with Crippen molar-refractivity contribution < 1.29 is 19.1 Å². The van der Waals surface area contributed by atoms with Crippen LogP contribution in [0.25, 0.3) is 10.8 Å². The van der Waals surface area contributed by atoms with Gasteiger partial charge in [-0.25, -0.2) is 0 Å². The molecule has 0 saturated heterocycles. The predicted molar refractivity (Wildman–Crippen MR) is 127 cm³/mol. The molecule has 162 valence electrons. The Labute approximate surface area is 197 Å². The molecule has 0 atom stereocenters. The van der Waals surface area contributed by atoms with Gasteiger partial charge in [-0.15, -0.1) is 0 Å². The van der Waals surface area contributed by atoms with Crippen LogP contribution < -0.4 is 20.3 Å². The molecule has 0 heterocycles. The highest BCUT2D eigenvalue weighted by molar-refractivity contribution is 9.11. The molecular formula is C23H22Br2N2O4. The van der Waals surface area contributed by atoms with Gasteiger partial charge in [-0.3, -0.25) is 20.4 Å². The molecule has 3 aromatic rings. The van der Waals surface area contributed by atoms with E-state index in [0.717, 1.165) is 25.3 Å². The van der Waals surface area contributed by atoms with E-state index in [1.54, 1.807) is 12.1 Å². The van der Waals surface area contributed by atoms with Crippen LogP contribution in [0.2, 0.25) is 0 Å². The molecule has 3 aromatic carbocycles. The van der Waals surface area contributed by atoms with Crippen LogP contribution in [0, 0.1) is 0 Å². The van der Waals surface area contributed by atoms with E-state index < -0.39 is 11.8 Å². The van der Waals surface area contributed by atoms with E-state index in [2.05, 4.69) is 42.7 Å². The number of ether oxygens (including phenoxy) is 2. The molecule has 0 fully saturated rings. The van der Waals surface area contributed by atoms with Crippen LogP contribution in [0.1, 0.15) is 25.3 Å². The van der Waals surface area contributed by atoms with E-state index in [0.29, 0.717) is 11.5 Å². The summed E-state index contributed by atoms with van der Waals surface area (Å²) in [5.41, 5.74) is 5.64. The minimum atomic E-state index is -0.486. The zero-order chi connectivity index (χ0) is 22.4. The summed E-state index contributed by atoms with van der Waals surface area (Å²) < 4.78 is 12.9. The van der Waals surface area contributed by atoms with Gasteiger partial charge in [0.25, 0.3) is 11.8 Å². The number of hydrazine groups is 1. The summed E-state index contributed by atoms with van der Waals surface area (Å²) in [6, 6.07) is 17.2. The van der Waals surface area contributed by atoms with Crippen molar-refractivity contribution in [2.24, 2.45) is 0 Å². The third kappa shape index (κ3) is 6.21. The lowest BCUT2D eigenvalue weighted by molar-refractivity contribution is -0.131. The molecule has 0 aromatic heterocycles. The van der Waals surface area contributed by atoms with Gasteiger partial charge in [-0.2, -0.15) is 0 Å². The average molecular weight is 550 g/mol. The summed E-state index contributed by atoms with van der Waals surface area (Å²) in [5.74, 6) is 0.448. The minimum absolute atomic E-state index is 0.223. The van der Waals surface area contributed by atoms with Crippen molar-refractivity contribution in [3.05, 3.63) is 69.1 Å². The maximum atomic E-state index is 12.0. The Bertz CT molecular complexity index is 1100. The Kier molecular flexibility index (Phi) is 7.92. The minimum Gasteiger partial charge on any atom is -0.483 e.